The number of urea groups is 1. The molecule has 3 rings (SSSR count). The van der Waals surface area contributed by atoms with Crippen LogP contribution in [-0.4, -0.2) is 35.1 Å². The second-order valence-electron chi connectivity index (χ2n) is 6.29. The molecule has 2 amide bonds. The van der Waals surface area contributed by atoms with E-state index in [-0.39, 0.29) is 12.1 Å². The highest BCUT2D eigenvalue weighted by Gasteiger charge is 2.21. The van der Waals surface area contributed by atoms with Crippen LogP contribution in [0.4, 0.5) is 10.5 Å². The molecule has 2 aromatic rings. The maximum Gasteiger partial charge on any atom is 0.319 e. The first-order valence-electron chi connectivity index (χ1n) is 8.40. The van der Waals surface area contributed by atoms with Gasteiger partial charge in [0.2, 0.25) is 0 Å². The smallest absolute Gasteiger partial charge is 0.319 e. The fourth-order valence-electron chi connectivity index (χ4n) is 2.99. The Bertz CT molecular complexity index is 692. The number of amides is 2. The third kappa shape index (κ3) is 4.14. The average Bonchev–Trinajstić information content (AvgIpc) is 3.02. The molecule has 1 atom stereocenters. The number of ether oxygens (including phenoxy) is 1. The van der Waals surface area contributed by atoms with Gasteiger partial charge >= 0.3 is 6.03 Å². The Morgan fingerprint density at radius 1 is 1.33 bits per heavy atom. The summed E-state index contributed by atoms with van der Waals surface area (Å²) in [5.41, 5.74) is 2.62. The van der Waals surface area contributed by atoms with E-state index < -0.39 is 0 Å². The first-order valence-corrected chi connectivity index (χ1v) is 8.40. The van der Waals surface area contributed by atoms with Gasteiger partial charge in [-0.25, -0.2) is 9.48 Å². The summed E-state index contributed by atoms with van der Waals surface area (Å²) in [6.45, 7) is 5.57. The molecular weight excluding hydrogens is 304 g/mol. The number of rotatable bonds is 4. The van der Waals surface area contributed by atoms with Crippen molar-refractivity contribution in [1.82, 2.24) is 15.1 Å². The standard InChI is InChI=1S/C18H24N4O2/c1-13-6-9-22(21-13)17-5-3-4-16(12-17)20-18(23)19-14(2)15-7-10-24-11-8-15/h3-6,9,12,14-15H,7-8,10-11H2,1-2H3,(H2,19,20,23)/t14-/m1/s1. The summed E-state index contributed by atoms with van der Waals surface area (Å²) in [6.07, 6.45) is 3.90. The Kier molecular flexibility index (Phi) is 5.15. The van der Waals surface area contributed by atoms with Crippen LogP contribution < -0.4 is 10.6 Å². The summed E-state index contributed by atoms with van der Waals surface area (Å²) < 4.78 is 7.17. The fraction of sp³-hybridized carbons (Fsp3) is 0.444. The zero-order chi connectivity index (χ0) is 16.9. The quantitative estimate of drug-likeness (QED) is 0.906. The topological polar surface area (TPSA) is 68.2 Å². The highest BCUT2D eigenvalue weighted by atomic mass is 16.5. The lowest BCUT2D eigenvalue weighted by Gasteiger charge is -2.28. The molecule has 0 aliphatic carbocycles. The predicted octanol–water partition coefficient (Wildman–Crippen LogP) is 3.12. The summed E-state index contributed by atoms with van der Waals surface area (Å²) in [4.78, 5) is 12.2. The molecule has 0 radical (unpaired) electrons. The second kappa shape index (κ2) is 7.49. The van der Waals surface area contributed by atoms with Gasteiger partial charge in [-0.3, -0.25) is 0 Å². The average molecular weight is 328 g/mol. The van der Waals surface area contributed by atoms with Gasteiger partial charge < -0.3 is 15.4 Å². The summed E-state index contributed by atoms with van der Waals surface area (Å²) in [7, 11) is 0. The van der Waals surface area contributed by atoms with Crippen LogP contribution in [0.25, 0.3) is 5.69 Å². The van der Waals surface area contributed by atoms with Crippen molar-refractivity contribution in [2.75, 3.05) is 18.5 Å². The molecular formula is C18H24N4O2. The highest BCUT2D eigenvalue weighted by Crippen LogP contribution is 2.19. The lowest BCUT2D eigenvalue weighted by atomic mass is 9.93. The van der Waals surface area contributed by atoms with E-state index in [9.17, 15) is 4.79 Å². The van der Waals surface area contributed by atoms with Crippen molar-refractivity contribution in [2.24, 2.45) is 5.92 Å². The van der Waals surface area contributed by atoms with Crippen LogP contribution >= 0.6 is 0 Å². The number of benzene rings is 1. The van der Waals surface area contributed by atoms with Crippen molar-refractivity contribution >= 4 is 11.7 Å². The van der Waals surface area contributed by atoms with Crippen LogP contribution in [0.3, 0.4) is 0 Å². The van der Waals surface area contributed by atoms with Gasteiger partial charge in [0.05, 0.1) is 11.4 Å². The number of hydrogen-bond acceptors (Lipinski definition) is 3. The predicted molar refractivity (Wildman–Crippen MR) is 93.5 cm³/mol. The van der Waals surface area contributed by atoms with Gasteiger partial charge in [-0.05, 0) is 56.9 Å². The molecule has 1 aromatic carbocycles. The molecule has 24 heavy (non-hydrogen) atoms. The van der Waals surface area contributed by atoms with Crippen molar-refractivity contribution in [3.8, 4) is 5.69 Å². The third-order valence-corrected chi connectivity index (χ3v) is 4.42. The minimum atomic E-state index is -0.178. The first kappa shape index (κ1) is 16.5. The lowest BCUT2D eigenvalue weighted by molar-refractivity contribution is 0.0573. The largest absolute Gasteiger partial charge is 0.381 e. The van der Waals surface area contributed by atoms with E-state index in [1.54, 1.807) is 4.68 Å². The molecule has 0 saturated carbocycles. The molecule has 6 nitrogen and oxygen atoms in total. The van der Waals surface area contributed by atoms with Crippen molar-refractivity contribution in [3.63, 3.8) is 0 Å². The van der Waals surface area contributed by atoms with Gasteiger partial charge in [0, 0.05) is 31.1 Å². The molecule has 0 bridgehead atoms. The molecule has 2 heterocycles. The Balaban J connectivity index is 1.60. The Hall–Kier alpha value is -2.34. The van der Waals surface area contributed by atoms with Gasteiger partial charge in [-0.15, -0.1) is 0 Å². The van der Waals surface area contributed by atoms with Crippen LogP contribution in [0.15, 0.2) is 36.5 Å². The molecule has 1 fully saturated rings. The number of hydrogen-bond donors (Lipinski definition) is 2. The first-order chi connectivity index (χ1) is 11.6. The second-order valence-corrected chi connectivity index (χ2v) is 6.29. The normalized spacial score (nSPS) is 16.6. The maximum atomic E-state index is 12.2. The van der Waals surface area contributed by atoms with E-state index in [2.05, 4.69) is 22.7 Å². The van der Waals surface area contributed by atoms with Crippen LogP contribution in [-0.2, 0) is 4.74 Å². The number of anilines is 1. The minimum Gasteiger partial charge on any atom is -0.381 e. The number of nitrogens with one attached hydrogen (secondary N) is 2. The van der Waals surface area contributed by atoms with E-state index in [1.165, 1.54) is 0 Å². The van der Waals surface area contributed by atoms with Gasteiger partial charge in [-0.2, -0.15) is 5.10 Å². The number of aryl methyl sites for hydroxylation is 1. The summed E-state index contributed by atoms with van der Waals surface area (Å²) in [5.74, 6) is 0.475. The van der Waals surface area contributed by atoms with E-state index >= 15 is 0 Å². The van der Waals surface area contributed by atoms with Crippen molar-refractivity contribution in [2.45, 2.75) is 32.7 Å². The molecule has 6 heteroatoms. The van der Waals surface area contributed by atoms with E-state index in [0.717, 1.165) is 43.1 Å². The molecule has 1 aromatic heterocycles. The minimum absolute atomic E-state index is 0.130. The number of aromatic nitrogens is 2. The van der Waals surface area contributed by atoms with E-state index in [0.29, 0.717) is 5.92 Å². The van der Waals surface area contributed by atoms with E-state index in [4.69, 9.17) is 4.74 Å². The molecule has 1 aliphatic rings. The highest BCUT2D eigenvalue weighted by molar-refractivity contribution is 5.89. The SMILES string of the molecule is Cc1ccn(-c2cccc(NC(=O)N[C@H](C)C3CCOCC3)c2)n1. The van der Waals surface area contributed by atoms with Crippen LogP contribution in [0.1, 0.15) is 25.5 Å². The van der Waals surface area contributed by atoms with Crippen LogP contribution in [0.2, 0.25) is 0 Å². The van der Waals surface area contributed by atoms with Gasteiger partial charge in [-0.1, -0.05) is 6.07 Å². The fourth-order valence-corrected chi connectivity index (χ4v) is 2.99. The molecule has 1 aliphatic heterocycles. The summed E-state index contributed by atoms with van der Waals surface area (Å²) in [5, 5.41) is 10.3. The number of carbonyl (C=O) groups excluding carboxylic acids is 1. The van der Waals surface area contributed by atoms with Crippen LogP contribution in [0, 0.1) is 12.8 Å². The lowest BCUT2D eigenvalue weighted by Crippen LogP contribution is -2.42. The molecule has 0 spiro atoms. The van der Waals surface area contributed by atoms with Crippen molar-refractivity contribution in [1.29, 1.82) is 0 Å². The zero-order valence-corrected chi connectivity index (χ0v) is 14.2. The Morgan fingerprint density at radius 3 is 2.83 bits per heavy atom. The summed E-state index contributed by atoms with van der Waals surface area (Å²) in [6, 6.07) is 9.55. The third-order valence-electron chi connectivity index (χ3n) is 4.42. The maximum absolute atomic E-state index is 12.2. The van der Waals surface area contributed by atoms with Gasteiger partial charge in [0.15, 0.2) is 0 Å². The molecule has 128 valence electrons. The van der Waals surface area contributed by atoms with Gasteiger partial charge in [0.25, 0.3) is 0 Å². The number of nitrogens with zero attached hydrogens (tertiary/aromatic N) is 2. The summed E-state index contributed by atoms with van der Waals surface area (Å²) >= 11 is 0. The van der Waals surface area contributed by atoms with E-state index in [1.807, 2.05) is 43.5 Å². The molecule has 1 saturated heterocycles. The Morgan fingerprint density at radius 2 is 2.12 bits per heavy atom. The monoisotopic (exact) mass is 328 g/mol. The van der Waals surface area contributed by atoms with Crippen molar-refractivity contribution in [3.05, 3.63) is 42.2 Å². The molecule has 0 unspecified atom stereocenters. The number of carbonyl (C=O) groups is 1. The van der Waals surface area contributed by atoms with Gasteiger partial charge in [0.1, 0.15) is 0 Å². The van der Waals surface area contributed by atoms with Crippen LogP contribution in [0.5, 0.6) is 0 Å². The Labute approximate surface area is 142 Å². The molecule has 2 N–H and O–H groups in total. The zero-order valence-electron chi connectivity index (χ0n) is 14.2. The van der Waals surface area contributed by atoms with Crippen molar-refractivity contribution < 1.29 is 9.53 Å².